The predicted octanol–water partition coefficient (Wildman–Crippen LogP) is 3.47. The highest BCUT2D eigenvalue weighted by molar-refractivity contribution is 6.33. The molecule has 0 aliphatic carbocycles. The van der Waals surface area contributed by atoms with Crippen molar-refractivity contribution in [3.05, 3.63) is 47.2 Å². The summed E-state index contributed by atoms with van der Waals surface area (Å²) < 4.78 is 5.21. The van der Waals surface area contributed by atoms with Gasteiger partial charge in [0.2, 0.25) is 5.82 Å². The van der Waals surface area contributed by atoms with Crippen LogP contribution in [0.5, 0.6) is 5.75 Å². The van der Waals surface area contributed by atoms with Crippen molar-refractivity contribution in [3.8, 4) is 28.6 Å². The summed E-state index contributed by atoms with van der Waals surface area (Å²) in [6.07, 6.45) is 3.37. The third-order valence-corrected chi connectivity index (χ3v) is 3.22. The molecule has 3 aromatic rings. The third-order valence-electron chi connectivity index (χ3n) is 2.89. The molecule has 2 heterocycles. The van der Waals surface area contributed by atoms with E-state index in [-0.39, 0.29) is 11.6 Å². The molecular formula is C14H10ClN3O2. The average molecular weight is 288 g/mol. The highest BCUT2D eigenvalue weighted by atomic mass is 35.5. The summed E-state index contributed by atoms with van der Waals surface area (Å²) in [7, 11) is 0. The van der Waals surface area contributed by atoms with E-state index in [2.05, 4.69) is 15.1 Å². The Kier molecular flexibility index (Phi) is 3.12. The fourth-order valence-corrected chi connectivity index (χ4v) is 2.02. The number of rotatable bonds is 2. The maximum Gasteiger partial charge on any atom is 0.259 e. The van der Waals surface area contributed by atoms with Gasteiger partial charge in [-0.25, -0.2) is 0 Å². The molecular weight excluding hydrogens is 278 g/mol. The fourth-order valence-electron chi connectivity index (χ4n) is 1.82. The van der Waals surface area contributed by atoms with Gasteiger partial charge in [-0.15, -0.1) is 0 Å². The Bertz CT molecular complexity index is 771. The Morgan fingerprint density at radius 1 is 1.20 bits per heavy atom. The Labute approximate surface area is 119 Å². The van der Waals surface area contributed by atoms with Gasteiger partial charge in [-0.2, -0.15) is 4.98 Å². The van der Waals surface area contributed by atoms with Crippen LogP contribution in [-0.4, -0.2) is 20.2 Å². The zero-order chi connectivity index (χ0) is 14.1. The number of phenolic OH excluding ortho intramolecular Hbond substituents is 1. The number of phenols is 1. The van der Waals surface area contributed by atoms with Gasteiger partial charge in [0.1, 0.15) is 5.75 Å². The van der Waals surface area contributed by atoms with Gasteiger partial charge in [0.05, 0.1) is 10.6 Å². The fraction of sp³-hybridized carbons (Fsp3) is 0.0714. The molecule has 100 valence electrons. The smallest absolute Gasteiger partial charge is 0.259 e. The van der Waals surface area contributed by atoms with Crippen molar-refractivity contribution in [1.82, 2.24) is 15.1 Å². The molecule has 0 atom stereocenters. The van der Waals surface area contributed by atoms with E-state index < -0.39 is 0 Å². The number of hydrogen-bond acceptors (Lipinski definition) is 5. The second-order valence-corrected chi connectivity index (χ2v) is 4.69. The molecule has 0 saturated carbocycles. The van der Waals surface area contributed by atoms with E-state index in [1.165, 1.54) is 12.1 Å². The summed E-state index contributed by atoms with van der Waals surface area (Å²) in [5, 5.41) is 13.9. The van der Waals surface area contributed by atoms with Gasteiger partial charge in [-0.05, 0) is 36.8 Å². The molecule has 0 saturated heterocycles. The highest BCUT2D eigenvalue weighted by Crippen LogP contribution is 2.31. The largest absolute Gasteiger partial charge is 0.508 e. The summed E-state index contributed by atoms with van der Waals surface area (Å²) in [5.41, 5.74) is 2.28. The first-order chi connectivity index (χ1) is 9.65. The summed E-state index contributed by atoms with van der Waals surface area (Å²) in [5.74, 6) is 0.774. The molecule has 0 aliphatic heterocycles. The van der Waals surface area contributed by atoms with E-state index in [4.69, 9.17) is 16.1 Å². The van der Waals surface area contributed by atoms with Crippen LogP contribution in [0.2, 0.25) is 5.02 Å². The van der Waals surface area contributed by atoms with Crippen LogP contribution in [0, 0.1) is 6.92 Å². The Morgan fingerprint density at radius 3 is 2.85 bits per heavy atom. The van der Waals surface area contributed by atoms with Crippen molar-refractivity contribution in [2.75, 3.05) is 0 Å². The summed E-state index contributed by atoms with van der Waals surface area (Å²) in [4.78, 5) is 8.35. The van der Waals surface area contributed by atoms with E-state index in [9.17, 15) is 5.11 Å². The first-order valence-corrected chi connectivity index (χ1v) is 6.26. The zero-order valence-corrected chi connectivity index (χ0v) is 11.3. The lowest BCUT2D eigenvalue weighted by Gasteiger charge is -1.99. The van der Waals surface area contributed by atoms with Crippen molar-refractivity contribution < 1.29 is 9.63 Å². The lowest BCUT2D eigenvalue weighted by Crippen LogP contribution is -1.87. The number of aromatic nitrogens is 3. The van der Waals surface area contributed by atoms with Gasteiger partial charge in [0.25, 0.3) is 5.89 Å². The van der Waals surface area contributed by atoms with Gasteiger partial charge in [-0.1, -0.05) is 16.8 Å². The third kappa shape index (κ3) is 2.23. The van der Waals surface area contributed by atoms with E-state index in [0.29, 0.717) is 16.4 Å². The molecule has 0 amide bonds. The van der Waals surface area contributed by atoms with E-state index >= 15 is 0 Å². The van der Waals surface area contributed by atoms with Crippen molar-refractivity contribution in [1.29, 1.82) is 0 Å². The maximum atomic E-state index is 9.51. The first-order valence-electron chi connectivity index (χ1n) is 5.89. The maximum absolute atomic E-state index is 9.51. The second-order valence-electron chi connectivity index (χ2n) is 4.28. The number of halogens is 1. The molecule has 0 bridgehead atoms. The first kappa shape index (κ1) is 12.6. The normalized spacial score (nSPS) is 10.7. The average Bonchev–Trinajstić information content (AvgIpc) is 2.91. The van der Waals surface area contributed by atoms with E-state index in [1.807, 2.05) is 13.0 Å². The molecule has 0 fully saturated rings. The lowest BCUT2D eigenvalue weighted by atomic mass is 10.1. The van der Waals surface area contributed by atoms with Crippen molar-refractivity contribution in [2.45, 2.75) is 6.92 Å². The molecule has 1 N–H and O–H groups in total. The van der Waals surface area contributed by atoms with Crippen LogP contribution < -0.4 is 0 Å². The van der Waals surface area contributed by atoms with E-state index in [1.54, 1.807) is 18.5 Å². The minimum atomic E-state index is 0.0849. The standard InChI is InChI=1S/C14H10ClN3O2/c1-8-4-5-16-7-11(8)13-17-14(20-18-13)10-6-9(19)2-3-12(10)15/h2-7,19H,1H3. The van der Waals surface area contributed by atoms with Gasteiger partial charge >= 0.3 is 0 Å². The number of hydrogen-bond donors (Lipinski definition) is 1. The molecule has 0 spiro atoms. The van der Waals surface area contributed by atoms with Crippen LogP contribution in [0.3, 0.4) is 0 Å². The molecule has 6 heteroatoms. The van der Waals surface area contributed by atoms with Crippen molar-refractivity contribution in [2.24, 2.45) is 0 Å². The van der Waals surface area contributed by atoms with Crippen LogP contribution in [-0.2, 0) is 0 Å². The van der Waals surface area contributed by atoms with Crippen LogP contribution in [0.25, 0.3) is 22.8 Å². The topological polar surface area (TPSA) is 72.0 Å². The highest BCUT2D eigenvalue weighted by Gasteiger charge is 2.15. The van der Waals surface area contributed by atoms with Crippen LogP contribution in [0.1, 0.15) is 5.56 Å². The van der Waals surface area contributed by atoms with E-state index in [0.717, 1.165) is 11.1 Å². The number of aromatic hydroxyl groups is 1. The van der Waals surface area contributed by atoms with Crippen molar-refractivity contribution in [3.63, 3.8) is 0 Å². The number of pyridine rings is 1. The van der Waals surface area contributed by atoms with Gasteiger partial charge in [0.15, 0.2) is 0 Å². The summed E-state index contributed by atoms with van der Waals surface area (Å²) >= 11 is 6.07. The summed E-state index contributed by atoms with van der Waals surface area (Å²) in [6, 6.07) is 6.42. The van der Waals surface area contributed by atoms with Gasteiger partial charge in [0, 0.05) is 18.0 Å². The molecule has 1 aromatic carbocycles. The molecule has 0 unspecified atom stereocenters. The second kappa shape index (κ2) is 4.94. The zero-order valence-electron chi connectivity index (χ0n) is 10.5. The van der Waals surface area contributed by atoms with Crippen LogP contribution in [0.4, 0.5) is 0 Å². The number of benzene rings is 1. The predicted molar refractivity (Wildman–Crippen MR) is 74.4 cm³/mol. The quantitative estimate of drug-likeness (QED) is 0.781. The minimum Gasteiger partial charge on any atom is -0.508 e. The Balaban J connectivity index is 2.07. The molecule has 2 aromatic heterocycles. The monoisotopic (exact) mass is 287 g/mol. The molecule has 3 rings (SSSR count). The number of nitrogens with zero attached hydrogens (tertiary/aromatic N) is 3. The van der Waals surface area contributed by atoms with Crippen molar-refractivity contribution >= 4 is 11.6 Å². The molecule has 5 nitrogen and oxygen atoms in total. The molecule has 20 heavy (non-hydrogen) atoms. The Morgan fingerprint density at radius 2 is 2.05 bits per heavy atom. The number of aryl methyl sites for hydroxylation is 1. The lowest BCUT2D eigenvalue weighted by molar-refractivity contribution is 0.431. The molecule has 0 aliphatic rings. The SMILES string of the molecule is Cc1ccncc1-c1noc(-c2cc(O)ccc2Cl)n1. The minimum absolute atomic E-state index is 0.0849. The Hall–Kier alpha value is -2.40. The van der Waals surface area contributed by atoms with Crippen LogP contribution >= 0.6 is 11.6 Å². The van der Waals surface area contributed by atoms with Crippen LogP contribution in [0.15, 0.2) is 41.2 Å². The summed E-state index contributed by atoms with van der Waals surface area (Å²) in [6.45, 7) is 1.94. The van der Waals surface area contributed by atoms with Gasteiger partial charge < -0.3 is 9.63 Å². The molecule has 0 radical (unpaired) electrons. The van der Waals surface area contributed by atoms with Gasteiger partial charge in [-0.3, -0.25) is 4.98 Å².